The number of carbonyl (C=O) groups excluding carboxylic acids is 1. The van der Waals surface area contributed by atoms with Crippen LogP contribution < -0.4 is 10.6 Å². The van der Waals surface area contributed by atoms with Gasteiger partial charge in [-0.25, -0.2) is 9.18 Å². The van der Waals surface area contributed by atoms with Crippen molar-refractivity contribution in [1.82, 2.24) is 0 Å². The molecule has 0 heterocycles. The van der Waals surface area contributed by atoms with E-state index >= 15 is 0 Å². The largest absolute Gasteiger partial charge is 0.453 e. The molecule has 6 heteroatoms. The minimum Gasteiger partial charge on any atom is -0.453 e. The molecule has 4 nitrogen and oxygen atoms in total. The number of carbonyl (C=O) groups is 1. The van der Waals surface area contributed by atoms with Crippen molar-refractivity contribution >= 4 is 29.1 Å². The Morgan fingerprint density at radius 1 is 1.19 bits per heavy atom. The highest BCUT2D eigenvalue weighted by molar-refractivity contribution is 6.30. The van der Waals surface area contributed by atoms with Crippen LogP contribution in [-0.4, -0.2) is 13.2 Å². The van der Waals surface area contributed by atoms with E-state index in [0.29, 0.717) is 12.2 Å². The third kappa shape index (κ3) is 4.36. The van der Waals surface area contributed by atoms with Gasteiger partial charge in [0, 0.05) is 17.9 Å². The minimum absolute atomic E-state index is 0.108. The van der Waals surface area contributed by atoms with Gasteiger partial charge in [0.15, 0.2) is 0 Å². The molecule has 110 valence electrons. The van der Waals surface area contributed by atoms with Gasteiger partial charge in [-0.05, 0) is 42.0 Å². The van der Waals surface area contributed by atoms with Crippen molar-refractivity contribution in [2.24, 2.45) is 0 Å². The van der Waals surface area contributed by atoms with E-state index in [1.165, 1.54) is 19.2 Å². The number of anilines is 2. The molecule has 0 saturated carbocycles. The van der Waals surface area contributed by atoms with E-state index in [1.54, 1.807) is 30.3 Å². The summed E-state index contributed by atoms with van der Waals surface area (Å²) < 4.78 is 17.8. The van der Waals surface area contributed by atoms with Gasteiger partial charge in [0.1, 0.15) is 5.82 Å². The van der Waals surface area contributed by atoms with Gasteiger partial charge < -0.3 is 10.1 Å². The normalized spacial score (nSPS) is 10.0. The fraction of sp³-hybridized carbons (Fsp3) is 0.133. The van der Waals surface area contributed by atoms with Crippen molar-refractivity contribution in [1.29, 1.82) is 0 Å². The Morgan fingerprint density at radius 3 is 2.48 bits per heavy atom. The minimum atomic E-state index is -0.521. The van der Waals surface area contributed by atoms with Crippen molar-refractivity contribution in [3.63, 3.8) is 0 Å². The molecule has 0 saturated heterocycles. The summed E-state index contributed by atoms with van der Waals surface area (Å²) in [5, 5.41) is 5.81. The predicted molar refractivity (Wildman–Crippen MR) is 81.2 cm³/mol. The number of ether oxygens (including phenoxy) is 1. The number of halogens is 2. The quantitative estimate of drug-likeness (QED) is 0.887. The van der Waals surface area contributed by atoms with Crippen LogP contribution in [0.2, 0.25) is 5.02 Å². The van der Waals surface area contributed by atoms with Gasteiger partial charge in [0.2, 0.25) is 0 Å². The maximum Gasteiger partial charge on any atom is 0.411 e. The van der Waals surface area contributed by atoms with E-state index in [1.807, 2.05) is 0 Å². The number of methoxy groups -OCH3 is 1. The monoisotopic (exact) mass is 308 g/mol. The fourth-order valence-electron chi connectivity index (χ4n) is 1.69. The van der Waals surface area contributed by atoms with Crippen LogP contribution >= 0.6 is 11.6 Å². The van der Waals surface area contributed by atoms with Crippen molar-refractivity contribution in [3.05, 3.63) is 58.9 Å². The third-order valence-corrected chi connectivity index (χ3v) is 3.10. The van der Waals surface area contributed by atoms with Crippen LogP contribution in [-0.2, 0) is 11.3 Å². The molecule has 0 aliphatic heterocycles. The molecule has 21 heavy (non-hydrogen) atoms. The molecule has 0 aliphatic carbocycles. The molecule has 2 aromatic carbocycles. The highest BCUT2D eigenvalue weighted by atomic mass is 35.5. The Labute approximate surface area is 126 Å². The summed E-state index contributed by atoms with van der Waals surface area (Å²) in [6.45, 7) is 0.470. The molecule has 0 radical (unpaired) electrons. The van der Waals surface area contributed by atoms with Crippen LogP contribution in [0.25, 0.3) is 0 Å². The smallest absolute Gasteiger partial charge is 0.411 e. The molecule has 2 N–H and O–H groups in total. The van der Waals surface area contributed by atoms with Crippen molar-refractivity contribution in [3.8, 4) is 0 Å². The van der Waals surface area contributed by atoms with Gasteiger partial charge in [0.25, 0.3) is 0 Å². The molecule has 0 spiro atoms. The molecule has 0 bridgehead atoms. The summed E-state index contributed by atoms with van der Waals surface area (Å²) in [4.78, 5) is 11.0. The van der Waals surface area contributed by atoms with Crippen LogP contribution in [0.15, 0.2) is 42.5 Å². The highest BCUT2D eigenvalue weighted by Gasteiger charge is 2.02. The summed E-state index contributed by atoms with van der Waals surface area (Å²) in [5.74, 6) is -0.436. The second-order valence-electron chi connectivity index (χ2n) is 4.30. The molecular weight excluding hydrogens is 295 g/mol. The van der Waals surface area contributed by atoms with E-state index in [4.69, 9.17) is 11.6 Å². The molecule has 0 aliphatic rings. The van der Waals surface area contributed by atoms with E-state index in [-0.39, 0.29) is 5.02 Å². The average Bonchev–Trinajstić information content (AvgIpc) is 2.50. The summed E-state index contributed by atoms with van der Waals surface area (Å²) >= 11 is 5.63. The Morgan fingerprint density at radius 2 is 1.86 bits per heavy atom. The number of rotatable bonds is 4. The topological polar surface area (TPSA) is 50.4 Å². The van der Waals surface area contributed by atoms with Crippen LogP contribution in [0.5, 0.6) is 0 Å². The van der Waals surface area contributed by atoms with E-state index < -0.39 is 11.9 Å². The predicted octanol–water partition coefficient (Wildman–Crippen LogP) is 4.27. The maximum atomic E-state index is 13.3. The zero-order valence-electron chi connectivity index (χ0n) is 11.3. The zero-order valence-corrected chi connectivity index (χ0v) is 12.1. The van der Waals surface area contributed by atoms with Gasteiger partial charge in [-0.2, -0.15) is 0 Å². The molecule has 2 rings (SSSR count). The molecule has 0 fully saturated rings. The molecule has 0 unspecified atom stereocenters. The van der Waals surface area contributed by atoms with Crippen molar-refractivity contribution in [2.45, 2.75) is 6.54 Å². The summed E-state index contributed by atoms with van der Waals surface area (Å²) in [6.07, 6.45) is -0.521. The van der Waals surface area contributed by atoms with E-state index in [2.05, 4.69) is 15.4 Å². The second-order valence-corrected chi connectivity index (χ2v) is 4.70. The second kappa shape index (κ2) is 6.95. The highest BCUT2D eigenvalue weighted by Crippen LogP contribution is 2.18. The first kappa shape index (κ1) is 15.1. The van der Waals surface area contributed by atoms with E-state index in [0.717, 1.165) is 11.3 Å². The van der Waals surface area contributed by atoms with Crippen LogP contribution in [0.3, 0.4) is 0 Å². The summed E-state index contributed by atoms with van der Waals surface area (Å²) in [6, 6.07) is 11.8. The van der Waals surface area contributed by atoms with Gasteiger partial charge in [-0.15, -0.1) is 0 Å². The Bertz CT molecular complexity index is 632. The lowest BCUT2D eigenvalue weighted by molar-refractivity contribution is 0.187. The number of hydrogen-bond acceptors (Lipinski definition) is 3. The van der Waals surface area contributed by atoms with Crippen LogP contribution in [0, 0.1) is 5.82 Å². The lowest BCUT2D eigenvalue weighted by Crippen LogP contribution is -2.10. The van der Waals surface area contributed by atoms with Gasteiger partial charge in [0.05, 0.1) is 12.1 Å². The number of benzene rings is 2. The average molecular weight is 309 g/mol. The fourth-order valence-corrected chi connectivity index (χ4v) is 1.81. The van der Waals surface area contributed by atoms with E-state index in [9.17, 15) is 9.18 Å². The van der Waals surface area contributed by atoms with Crippen molar-refractivity contribution in [2.75, 3.05) is 17.7 Å². The third-order valence-electron chi connectivity index (χ3n) is 2.80. The molecule has 2 aromatic rings. The van der Waals surface area contributed by atoms with Gasteiger partial charge >= 0.3 is 6.09 Å². The Balaban J connectivity index is 1.94. The van der Waals surface area contributed by atoms with Crippen LogP contribution in [0.4, 0.5) is 20.6 Å². The lowest BCUT2D eigenvalue weighted by atomic mass is 10.2. The van der Waals surface area contributed by atoms with Crippen molar-refractivity contribution < 1.29 is 13.9 Å². The number of nitrogens with one attached hydrogen (secondary N) is 2. The first-order valence-electron chi connectivity index (χ1n) is 6.21. The SMILES string of the molecule is COC(=O)Nc1ccc(NCc2ccc(Cl)c(F)c2)cc1. The Hall–Kier alpha value is -2.27. The van der Waals surface area contributed by atoms with Gasteiger partial charge in [-0.3, -0.25) is 5.32 Å². The number of amides is 1. The lowest BCUT2D eigenvalue weighted by Gasteiger charge is -2.08. The summed E-state index contributed by atoms with van der Waals surface area (Å²) in [5.41, 5.74) is 2.26. The first-order chi connectivity index (χ1) is 10.1. The molecule has 0 atom stereocenters. The molecule has 1 amide bonds. The molecule has 0 aromatic heterocycles. The molecular formula is C15H14ClFN2O2. The zero-order chi connectivity index (χ0) is 15.2. The standard InChI is InChI=1S/C15H14ClFN2O2/c1-21-15(20)19-12-5-3-11(4-6-12)18-9-10-2-7-13(16)14(17)8-10/h2-8,18H,9H2,1H3,(H,19,20). The Kier molecular flexibility index (Phi) is 5.00. The first-order valence-corrected chi connectivity index (χ1v) is 6.59. The maximum absolute atomic E-state index is 13.3. The van der Waals surface area contributed by atoms with Crippen LogP contribution in [0.1, 0.15) is 5.56 Å². The number of hydrogen-bond donors (Lipinski definition) is 2. The van der Waals surface area contributed by atoms with Gasteiger partial charge in [-0.1, -0.05) is 17.7 Å². The summed E-state index contributed by atoms with van der Waals surface area (Å²) in [7, 11) is 1.30.